The van der Waals surface area contributed by atoms with E-state index in [9.17, 15) is 13.2 Å². The molecule has 0 bridgehead atoms. The molecule has 2 aliphatic rings. The predicted molar refractivity (Wildman–Crippen MR) is 196 cm³/mol. The van der Waals surface area contributed by atoms with Crippen molar-refractivity contribution < 1.29 is 22.6 Å². The molecule has 0 radical (unpaired) electrons. The first kappa shape index (κ1) is 35.7. The largest absolute Gasteiger partial charge is 0.491 e. The second-order valence-electron chi connectivity index (χ2n) is 13.1. The van der Waals surface area contributed by atoms with Crippen molar-refractivity contribution in [2.24, 2.45) is 7.05 Å². The maximum atomic E-state index is 13.4. The lowest BCUT2D eigenvalue weighted by atomic mass is 10.1. The Hall–Kier alpha value is -4.70. The molecule has 14 nitrogen and oxygen atoms in total. The first-order valence-electron chi connectivity index (χ1n) is 17.2. The van der Waals surface area contributed by atoms with Crippen molar-refractivity contribution in [2.75, 3.05) is 54.9 Å². The summed E-state index contributed by atoms with van der Waals surface area (Å²) in [6, 6.07) is 22.7. The molecule has 2 aromatic heterocycles. The number of hydrogen-bond donors (Lipinski definition) is 0. The Morgan fingerprint density at radius 3 is 2.13 bits per heavy atom. The van der Waals surface area contributed by atoms with Gasteiger partial charge in [0.15, 0.2) is 0 Å². The monoisotopic (exact) mass is 748 g/mol. The van der Waals surface area contributed by atoms with E-state index in [-0.39, 0.29) is 30.1 Å². The van der Waals surface area contributed by atoms with E-state index < -0.39 is 27.5 Å². The SMILES string of the molecule is CC[C@@H](C)n1ncn(-c2ccc(N3CCN(c4ccc(OC[C@@H]5CO[C@@](CS(=O)(=O)c6nncn6C)(c6ccc(Cl)cc6)O5)cc4)CC3)cc2)c1=O. The zero-order valence-corrected chi connectivity index (χ0v) is 30.8. The Labute approximate surface area is 307 Å². The lowest BCUT2D eigenvalue weighted by Crippen LogP contribution is -2.46. The number of nitrogens with zero attached hydrogens (tertiary/aromatic N) is 8. The Kier molecular flexibility index (Phi) is 10.1. The van der Waals surface area contributed by atoms with Crippen molar-refractivity contribution in [1.29, 1.82) is 0 Å². The van der Waals surface area contributed by atoms with Gasteiger partial charge in [-0.15, -0.1) is 10.2 Å². The minimum Gasteiger partial charge on any atom is -0.491 e. The molecular weight excluding hydrogens is 708 g/mol. The molecule has 0 saturated carbocycles. The molecule has 0 N–H and O–H groups in total. The summed E-state index contributed by atoms with van der Waals surface area (Å²) in [5, 5.41) is 12.1. The van der Waals surface area contributed by atoms with Crippen molar-refractivity contribution in [3.63, 3.8) is 0 Å². The molecule has 2 saturated heterocycles. The number of aromatic nitrogens is 6. The van der Waals surface area contributed by atoms with E-state index in [1.54, 1.807) is 42.2 Å². The minimum atomic E-state index is -3.95. The van der Waals surface area contributed by atoms with E-state index in [1.165, 1.54) is 15.6 Å². The number of aryl methyl sites for hydroxylation is 1. The Balaban J connectivity index is 0.937. The summed E-state index contributed by atoms with van der Waals surface area (Å²) in [5.74, 6) is -1.41. The van der Waals surface area contributed by atoms with Crippen LogP contribution in [-0.4, -0.2) is 88.8 Å². The Morgan fingerprint density at radius 2 is 1.54 bits per heavy atom. The minimum absolute atomic E-state index is 0.0501. The maximum absolute atomic E-state index is 13.4. The van der Waals surface area contributed by atoms with Crippen LogP contribution in [0.3, 0.4) is 0 Å². The number of halogens is 1. The highest BCUT2D eigenvalue weighted by Gasteiger charge is 2.48. The van der Waals surface area contributed by atoms with Gasteiger partial charge in [-0.05, 0) is 74.0 Å². The number of hydrogen-bond acceptors (Lipinski definition) is 11. The smallest absolute Gasteiger partial charge is 0.350 e. The summed E-state index contributed by atoms with van der Waals surface area (Å²) in [7, 11) is -2.38. The molecule has 2 fully saturated rings. The van der Waals surface area contributed by atoms with Gasteiger partial charge in [0.1, 0.15) is 36.9 Å². The van der Waals surface area contributed by atoms with Gasteiger partial charge in [0.2, 0.25) is 20.8 Å². The number of rotatable bonds is 12. The molecule has 7 rings (SSSR count). The van der Waals surface area contributed by atoms with Gasteiger partial charge >= 0.3 is 5.69 Å². The van der Waals surface area contributed by atoms with Gasteiger partial charge in [-0.1, -0.05) is 30.7 Å². The fraction of sp³-hybridized carbons (Fsp3) is 0.389. The molecule has 4 heterocycles. The van der Waals surface area contributed by atoms with Gasteiger partial charge in [0.25, 0.3) is 0 Å². The summed E-state index contributed by atoms with van der Waals surface area (Å²) in [5.41, 5.74) is 3.39. The zero-order valence-electron chi connectivity index (χ0n) is 29.2. The topological polar surface area (TPSA) is 139 Å². The second kappa shape index (κ2) is 14.7. The van der Waals surface area contributed by atoms with E-state index in [1.807, 2.05) is 50.2 Å². The fourth-order valence-corrected chi connectivity index (χ4v) is 8.22. The fourth-order valence-electron chi connectivity index (χ4n) is 6.49. The average Bonchev–Trinajstić information content (AvgIpc) is 3.90. The molecule has 52 heavy (non-hydrogen) atoms. The van der Waals surface area contributed by atoms with Gasteiger partial charge in [-0.2, -0.15) is 5.10 Å². The molecule has 0 aliphatic carbocycles. The van der Waals surface area contributed by atoms with Crippen LogP contribution in [0.1, 0.15) is 31.9 Å². The first-order valence-corrected chi connectivity index (χ1v) is 19.2. The molecule has 2 aliphatic heterocycles. The third-order valence-corrected chi connectivity index (χ3v) is 11.5. The van der Waals surface area contributed by atoms with Crippen LogP contribution in [0.25, 0.3) is 5.69 Å². The van der Waals surface area contributed by atoms with Crippen molar-refractivity contribution >= 4 is 32.8 Å². The van der Waals surface area contributed by atoms with Crippen molar-refractivity contribution in [2.45, 2.75) is 43.4 Å². The first-order chi connectivity index (χ1) is 25.0. The van der Waals surface area contributed by atoms with Crippen LogP contribution in [-0.2, 0) is 32.1 Å². The van der Waals surface area contributed by atoms with Gasteiger partial charge < -0.3 is 28.6 Å². The van der Waals surface area contributed by atoms with Crippen LogP contribution < -0.4 is 20.2 Å². The van der Waals surface area contributed by atoms with E-state index in [0.717, 1.165) is 49.7 Å². The molecule has 3 atom stereocenters. The highest BCUT2D eigenvalue weighted by molar-refractivity contribution is 7.91. The van der Waals surface area contributed by atoms with Crippen LogP contribution in [0.4, 0.5) is 11.4 Å². The Bertz CT molecular complexity index is 2150. The standard InChI is InChI=1S/C36H41ClN8O6S/c1-4-26(2)45-35(46)44(25-39-45)31-11-9-29(10-12-31)42-17-19-43(20-18-42)30-13-15-32(16-14-30)49-21-33-22-50-36(51-33,27-5-7-28(37)8-6-27)23-52(47,48)34-40-38-24-41(34)3/h5-16,24-26,33H,4,17-23H2,1-3H3/t26-,33-,36-/m1/s1. The highest BCUT2D eigenvalue weighted by atomic mass is 35.5. The van der Waals surface area contributed by atoms with E-state index >= 15 is 0 Å². The van der Waals surface area contributed by atoms with Crippen molar-refractivity contribution in [3.05, 3.63) is 107 Å². The summed E-state index contributed by atoms with van der Waals surface area (Å²) >= 11 is 6.12. The molecule has 5 aromatic rings. The normalized spacial score (nSPS) is 20.0. The molecule has 274 valence electrons. The second-order valence-corrected chi connectivity index (χ2v) is 15.4. The Morgan fingerprint density at radius 1 is 0.923 bits per heavy atom. The average molecular weight is 749 g/mol. The summed E-state index contributed by atoms with van der Waals surface area (Å²) in [4.78, 5) is 17.5. The summed E-state index contributed by atoms with van der Waals surface area (Å²) < 4.78 is 49.8. The number of sulfone groups is 1. The van der Waals surface area contributed by atoms with Gasteiger partial charge in [0, 0.05) is 55.2 Å². The van der Waals surface area contributed by atoms with Crippen LogP contribution in [0.5, 0.6) is 5.75 Å². The van der Waals surface area contributed by atoms with Gasteiger partial charge in [-0.25, -0.2) is 22.5 Å². The molecule has 0 spiro atoms. The van der Waals surface area contributed by atoms with Crippen LogP contribution in [0.15, 0.2) is 95.4 Å². The van der Waals surface area contributed by atoms with Gasteiger partial charge in [-0.3, -0.25) is 0 Å². The van der Waals surface area contributed by atoms with Crippen LogP contribution in [0.2, 0.25) is 5.02 Å². The quantitative estimate of drug-likeness (QED) is 0.181. The number of ether oxygens (including phenoxy) is 3. The predicted octanol–water partition coefficient (Wildman–Crippen LogP) is 4.23. The van der Waals surface area contributed by atoms with E-state index in [2.05, 4.69) is 37.2 Å². The number of anilines is 2. The van der Waals surface area contributed by atoms with Crippen molar-refractivity contribution in [1.82, 2.24) is 29.1 Å². The lowest BCUT2D eigenvalue weighted by Gasteiger charge is -2.37. The molecular formula is C36H41ClN8O6S. The van der Waals surface area contributed by atoms with E-state index in [4.69, 9.17) is 25.8 Å². The summed E-state index contributed by atoms with van der Waals surface area (Å²) in [6.45, 7) is 7.71. The number of piperazine rings is 1. The molecule has 0 amide bonds. The third kappa shape index (κ3) is 7.31. The summed E-state index contributed by atoms with van der Waals surface area (Å²) in [6.07, 6.45) is 3.22. The van der Waals surface area contributed by atoms with Gasteiger partial charge in [0.05, 0.1) is 18.3 Å². The molecule has 3 aromatic carbocycles. The lowest BCUT2D eigenvalue weighted by molar-refractivity contribution is -0.161. The van der Waals surface area contributed by atoms with E-state index in [0.29, 0.717) is 16.3 Å². The number of benzene rings is 3. The highest BCUT2D eigenvalue weighted by Crippen LogP contribution is 2.38. The third-order valence-electron chi connectivity index (χ3n) is 9.58. The van der Waals surface area contributed by atoms with Crippen LogP contribution in [0, 0.1) is 0 Å². The molecule has 16 heteroatoms. The zero-order chi connectivity index (χ0) is 36.5. The maximum Gasteiger partial charge on any atom is 0.350 e. The molecule has 0 unspecified atom stereocenters. The van der Waals surface area contributed by atoms with Crippen LogP contribution >= 0.6 is 11.6 Å². The van der Waals surface area contributed by atoms with Crippen molar-refractivity contribution in [3.8, 4) is 11.4 Å².